The van der Waals surface area contributed by atoms with E-state index in [1.807, 2.05) is 44.2 Å². The maximum atomic E-state index is 11.5. The van der Waals surface area contributed by atoms with E-state index in [0.29, 0.717) is 26.2 Å². The van der Waals surface area contributed by atoms with Crippen LogP contribution in [0.15, 0.2) is 77.5 Å². The summed E-state index contributed by atoms with van der Waals surface area (Å²) in [5.74, 6) is 2.52. The van der Waals surface area contributed by atoms with Crippen molar-refractivity contribution < 1.29 is 18.7 Å². The molecule has 4 aromatic rings. The summed E-state index contributed by atoms with van der Waals surface area (Å²) >= 11 is 0. The molecule has 0 atom stereocenters. The second-order valence-corrected chi connectivity index (χ2v) is 8.46. The summed E-state index contributed by atoms with van der Waals surface area (Å²) in [6, 6.07) is 20.2. The first-order chi connectivity index (χ1) is 17.1. The number of aryl methyl sites for hydroxylation is 1. The van der Waals surface area contributed by atoms with Crippen LogP contribution in [-0.2, 0) is 16.1 Å². The van der Waals surface area contributed by atoms with Crippen LogP contribution in [0.4, 0.5) is 0 Å². The van der Waals surface area contributed by atoms with Gasteiger partial charge in [-0.15, -0.1) is 0 Å². The molecular weight excluding hydrogens is 440 g/mol. The van der Waals surface area contributed by atoms with E-state index < -0.39 is 0 Å². The van der Waals surface area contributed by atoms with Crippen LogP contribution in [-0.4, -0.2) is 28.7 Å². The highest BCUT2D eigenvalue weighted by atomic mass is 16.5. The van der Waals surface area contributed by atoms with Gasteiger partial charge in [0.25, 0.3) is 0 Å². The summed E-state index contributed by atoms with van der Waals surface area (Å²) in [5, 5.41) is 0. The van der Waals surface area contributed by atoms with Crippen molar-refractivity contribution in [2.24, 2.45) is 0 Å². The highest BCUT2D eigenvalue weighted by molar-refractivity contribution is 5.69. The first-order valence-electron chi connectivity index (χ1n) is 12.2. The number of hydrogen-bond donors (Lipinski definition) is 0. The van der Waals surface area contributed by atoms with Crippen LogP contribution < -0.4 is 4.74 Å². The van der Waals surface area contributed by atoms with Crippen molar-refractivity contribution in [3.05, 3.63) is 84.4 Å². The van der Waals surface area contributed by atoms with Gasteiger partial charge in [-0.2, -0.15) is 0 Å². The number of carbonyl (C=O) groups is 1. The molecule has 0 aliphatic rings. The number of esters is 1. The first kappa shape index (κ1) is 24.3. The molecule has 0 bridgehead atoms. The molecule has 0 spiro atoms. The molecule has 0 fully saturated rings. The molecule has 0 saturated heterocycles. The van der Waals surface area contributed by atoms with E-state index >= 15 is 0 Å². The van der Waals surface area contributed by atoms with Crippen LogP contribution >= 0.6 is 0 Å². The normalized spacial score (nSPS) is 10.9. The average Bonchev–Trinajstić information content (AvgIpc) is 3.53. The van der Waals surface area contributed by atoms with Crippen molar-refractivity contribution in [2.75, 3.05) is 13.2 Å². The summed E-state index contributed by atoms with van der Waals surface area (Å²) in [7, 11) is 0. The van der Waals surface area contributed by atoms with Gasteiger partial charge in [0.2, 0.25) is 0 Å². The van der Waals surface area contributed by atoms with Crippen molar-refractivity contribution in [3.63, 3.8) is 0 Å². The molecule has 0 aliphatic heterocycles. The number of carbonyl (C=O) groups excluding carboxylic acids is 1. The zero-order valence-electron chi connectivity index (χ0n) is 20.4. The Balaban J connectivity index is 1.39. The van der Waals surface area contributed by atoms with Gasteiger partial charge in [-0.3, -0.25) is 4.79 Å². The molecule has 0 radical (unpaired) electrons. The topological polar surface area (TPSA) is 66.5 Å². The predicted octanol–water partition coefficient (Wildman–Crippen LogP) is 6.67. The minimum atomic E-state index is -0.124. The van der Waals surface area contributed by atoms with Crippen molar-refractivity contribution in [1.29, 1.82) is 0 Å². The third-order valence-electron chi connectivity index (χ3n) is 5.75. The summed E-state index contributed by atoms with van der Waals surface area (Å²) in [6.45, 7) is 5.55. The molecule has 2 aromatic heterocycles. The number of furan rings is 1. The van der Waals surface area contributed by atoms with E-state index in [1.165, 1.54) is 0 Å². The number of rotatable bonds is 12. The molecule has 35 heavy (non-hydrogen) atoms. The highest BCUT2D eigenvalue weighted by Crippen LogP contribution is 2.27. The lowest BCUT2D eigenvalue weighted by molar-refractivity contribution is -0.143. The van der Waals surface area contributed by atoms with E-state index in [2.05, 4.69) is 41.1 Å². The van der Waals surface area contributed by atoms with Crippen LogP contribution in [0.3, 0.4) is 0 Å². The molecule has 6 heteroatoms. The molecule has 6 nitrogen and oxygen atoms in total. The maximum Gasteiger partial charge on any atom is 0.305 e. The van der Waals surface area contributed by atoms with Crippen molar-refractivity contribution >= 4 is 5.97 Å². The first-order valence-corrected chi connectivity index (χ1v) is 12.2. The SMILES string of the molecule is CCOC(=O)CCCCCOc1ccccc1Cn1cc(C)nc1-c1ccc(-c2ccco2)cc1. The number of unbranched alkanes of at least 4 members (excludes halogenated alkanes) is 2. The largest absolute Gasteiger partial charge is 0.493 e. The number of hydrogen-bond acceptors (Lipinski definition) is 5. The Labute approximate surface area is 206 Å². The summed E-state index contributed by atoms with van der Waals surface area (Å²) in [5.41, 5.74) is 4.16. The smallest absolute Gasteiger partial charge is 0.305 e. The lowest BCUT2D eigenvalue weighted by Crippen LogP contribution is -2.06. The zero-order valence-corrected chi connectivity index (χ0v) is 20.4. The van der Waals surface area contributed by atoms with E-state index in [9.17, 15) is 4.79 Å². The van der Waals surface area contributed by atoms with Gasteiger partial charge in [-0.1, -0.05) is 42.5 Å². The quantitative estimate of drug-likeness (QED) is 0.170. The van der Waals surface area contributed by atoms with E-state index in [1.54, 1.807) is 6.26 Å². The summed E-state index contributed by atoms with van der Waals surface area (Å²) in [4.78, 5) is 16.2. The average molecular weight is 473 g/mol. The molecule has 0 N–H and O–H groups in total. The van der Waals surface area contributed by atoms with Crippen LogP contribution in [0.5, 0.6) is 5.75 Å². The standard InChI is InChI=1S/C29H32N2O4/c1-3-33-28(32)13-5-4-8-18-34-27-11-7-6-10-25(27)21-31-20-22(2)30-29(31)24-16-14-23(15-17-24)26-12-9-19-35-26/h6-7,9-12,14-17,19-20H,3-5,8,13,18,21H2,1-2H3. The maximum absolute atomic E-state index is 11.5. The monoisotopic (exact) mass is 472 g/mol. The summed E-state index contributed by atoms with van der Waals surface area (Å²) < 4.78 is 18.8. The zero-order chi connectivity index (χ0) is 24.5. The summed E-state index contributed by atoms with van der Waals surface area (Å²) in [6.07, 6.45) is 6.87. The highest BCUT2D eigenvalue weighted by Gasteiger charge is 2.12. The van der Waals surface area contributed by atoms with E-state index in [4.69, 9.17) is 18.9 Å². The van der Waals surface area contributed by atoms with Crippen LogP contribution in [0, 0.1) is 6.92 Å². The van der Waals surface area contributed by atoms with Gasteiger partial charge < -0.3 is 18.5 Å². The van der Waals surface area contributed by atoms with Gasteiger partial charge in [0.05, 0.1) is 31.7 Å². The Morgan fingerprint density at radius 2 is 1.77 bits per heavy atom. The van der Waals surface area contributed by atoms with Gasteiger partial charge in [0.1, 0.15) is 17.3 Å². The Kier molecular flexibility index (Phi) is 8.39. The molecule has 0 aliphatic carbocycles. The van der Waals surface area contributed by atoms with E-state index in [-0.39, 0.29) is 5.97 Å². The molecule has 182 valence electrons. The molecule has 0 unspecified atom stereocenters. The Bertz CT molecular complexity index is 1210. The molecule has 0 amide bonds. The molecule has 2 heterocycles. The lowest BCUT2D eigenvalue weighted by atomic mass is 10.1. The van der Waals surface area contributed by atoms with Gasteiger partial charge in [-0.25, -0.2) is 4.98 Å². The van der Waals surface area contributed by atoms with E-state index in [0.717, 1.165) is 59.0 Å². The minimum Gasteiger partial charge on any atom is -0.493 e. The van der Waals surface area contributed by atoms with Crippen molar-refractivity contribution in [2.45, 2.75) is 46.1 Å². The number of ether oxygens (including phenoxy) is 2. The second kappa shape index (κ2) is 12.1. The number of aromatic nitrogens is 2. The fourth-order valence-electron chi connectivity index (χ4n) is 4.05. The van der Waals surface area contributed by atoms with Gasteiger partial charge >= 0.3 is 5.97 Å². The van der Waals surface area contributed by atoms with Gasteiger partial charge in [0, 0.05) is 29.3 Å². The van der Waals surface area contributed by atoms with Crippen molar-refractivity contribution in [1.82, 2.24) is 9.55 Å². The Morgan fingerprint density at radius 1 is 0.971 bits per heavy atom. The fourth-order valence-corrected chi connectivity index (χ4v) is 4.05. The Morgan fingerprint density at radius 3 is 2.54 bits per heavy atom. The van der Waals surface area contributed by atoms with Gasteiger partial charge in [-0.05, 0) is 51.3 Å². The molecule has 0 saturated carbocycles. The fraction of sp³-hybridized carbons (Fsp3) is 0.310. The number of benzene rings is 2. The number of para-hydroxylation sites is 1. The van der Waals surface area contributed by atoms with Crippen molar-refractivity contribution in [3.8, 4) is 28.5 Å². The third-order valence-corrected chi connectivity index (χ3v) is 5.75. The van der Waals surface area contributed by atoms with Crippen LogP contribution in [0.25, 0.3) is 22.7 Å². The lowest BCUT2D eigenvalue weighted by Gasteiger charge is -2.14. The number of nitrogens with zero attached hydrogens (tertiary/aromatic N) is 2. The molecule has 4 rings (SSSR count). The molecule has 2 aromatic carbocycles. The molecular formula is C29H32N2O4. The Hall–Kier alpha value is -3.80. The van der Waals surface area contributed by atoms with Crippen LogP contribution in [0.1, 0.15) is 43.9 Å². The second-order valence-electron chi connectivity index (χ2n) is 8.46. The minimum absolute atomic E-state index is 0.124. The predicted molar refractivity (Wildman–Crippen MR) is 136 cm³/mol. The number of imidazole rings is 1. The third kappa shape index (κ3) is 6.63. The van der Waals surface area contributed by atoms with Gasteiger partial charge in [0.15, 0.2) is 0 Å². The van der Waals surface area contributed by atoms with Crippen LogP contribution in [0.2, 0.25) is 0 Å².